The molecule has 0 saturated carbocycles. The maximum Gasteiger partial charge on any atom is 0.443 e. The first-order valence-corrected chi connectivity index (χ1v) is 10.1. The minimum atomic E-state index is -0.109. The summed E-state index contributed by atoms with van der Waals surface area (Å²) >= 11 is 0. The Kier molecular flexibility index (Phi) is 5.90. The minimum absolute atomic E-state index is 0.109. The van der Waals surface area contributed by atoms with E-state index in [1.807, 2.05) is 54.6 Å². The molecule has 0 fully saturated rings. The summed E-state index contributed by atoms with van der Waals surface area (Å²) in [5, 5.41) is 3.98. The van der Waals surface area contributed by atoms with Gasteiger partial charge in [0.05, 0.1) is 18.8 Å². The van der Waals surface area contributed by atoms with Gasteiger partial charge in [-0.15, -0.1) is 5.10 Å². The normalized spacial score (nSPS) is 17.8. The predicted octanol–water partition coefficient (Wildman–Crippen LogP) is 4.36. The molecule has 7 nitrogen and oxygen atoms in total. The Morgan fingerprint density at radius 2 is 1.90 bits per heavy atom. The van der Waals surface area contributed by atoms with Gasteiger partial charge in [0.2, 0.25) is 12.2 Å². The van der Waals surface area contributed by atoms with Gasteiger partial charge < -0.3 is 9.15 Å². The van der Waals surface area contributed by atoms with Crippen molar-refractivity contribution in [3.8, 4) is 17.2 Å². The predicted molar refractivity (Wildman–Crippen MR) is 114 cm³/mol. The molecule has 1 aliphatic rings. The number of benzene rings is 2. The quantitative estimate of drug-likeness (QED) is 0.537. The second-order valence-corrected chi connectivity index (χ2v) is 7.29. The number of urea groups is 1. The van der Waals surface area contributed by atoms with Crippen LogP contribution in [0.5, 0.6) is 5.75 Å². The van der Waals surface area contributed by atoms with Crippen LogP contribution in [0.4, 0.5) is 4.79 Å². The molecule has 1 aliphatic heterocycles. The summed E-state index contributed by atoms with van der Waals surface area (Å²) < 4.78 is 11.8. The number of aromatic nitrogens is 1. The fourth-order valence-corrected chi connectivity index (χ4v) is 3.58. The van der Waals surface area contributed by atoms with E-state index in [1.165, 1.54) is 0 Å². The van der Waals surface area contributed by atoms with E-state index in [-0.39, 0.29) is 10.5 Å². The molecule has 2 aromatic carbocycles. The topological polar surface area (TPSA) is 76.7 Å². The minimum Gasteiger partial charge on any atom is -0.493 e. The van der Waals surface area contributed by atoms with Crippen molar-refractivity contribution in [2.24, 2.45) is 5.10 Å². The third-order valence-electron chi connectivity index (χ3n) is 5.08. The molecule has 0 aliphatic carbocycles. The first-order chi connectivity index (χ1) is 14.7. The van der Waals surface area contributed by atoms with Crippen molar-refractivity contribution in [3.63, 3.8) is 0 Å². The molecule has 0 radical (unpaired) electrons. The molecule has 7 heteroatoms. The lowest BCUT2D eigenvalue weighted by molar-refractivity contribution is -0.762. The number of para-hydroxylation sites is 1. The van der Waals surface area contributed by atoms with Gasteiger partial charge >= 0.3 is 6.03 Å². The highest BCUT2D eigenvalue weighted by molar-refractivity contribution is 5.79. The highest BCUT2D eigenvalue weighted by Crippen LogP contribution is 2.25. The Hall–Kier alpha value is -3.45. The number of nitrogens with one attached hydrogen (secondary N) is 1. The Bertz CT molecular complexity index is 1030. The van der Waals surface area contributed by atoms with Gasteiger partial charge in [-0.25, -0.2) is 9.78 Å². The van der Waals surface area contributed by atoms with Crippen LogP contribution in [0, 0.1) is 0 Å². The van der Waals surface area contributed by atoms with Crippen LogP contribution < -0.4 is 10.2 Å². The average Bonchev–Trinajstić information content (AvgIpc) is 3.38. The van der Waals surface area contributed by atoms with Gasteiger partial charge in [0.15, 0.2) is 0 Å². The number of carbonyl (C=O) groups excluding carboxylic acids is 1. The summed E-state index contributed by atoms with van der Waals surface area (Å²) in [7, 11) is 0. The number of hydrogen-bond acceptors (Lipinski definition) is 5. The Morgan fingerprint density at radius 3 is 2.67 bits per heavy atom. The zero-order valence-electron chi connectivity index (χ0n) is 17.0. The van der Waals surface area contributed by atoms with Crippen LogP contribution in [-0.2, 0) is 13.0 Å². The number of rotatable bonds is 9. The molecule has 0 saturated heterocycles. The zero-order valence-corrected chi connectivity index (χ0v) is 17.0. The van der Waals surface area contributed by atoms with Crippen LogP contribution in [0.25, 0.3) is 11.5 Å². The summed E-state index contributed by atoms with van der Waals surface area (Å²) in [4.78, 5) is 16.9. The maximum absolute atomic E-state index is 12.4. The fourth-order valence-electron chi connectivity index (χ4n) is 3.58. The van der Waals surface area contributed by atoms with Gasteiger partial charge in [-0.1, -0.05) is 37.3 Å². The van der Waals surface area contributed by atoms with Crippen LogP contribution in [0.15, 0.2) is 70.4 Å². The monoisotopic (exact) mass is 405 g/mol. The number of nitrogens with zero attached hydrogens (tertiary/aromatic N) is 3. The number of oxazole rings is 1. The van der Waals surface area contributed by atoms with Crippen LogP contribution in [0.1, 0.15) is 24.6 Å². The third kappa shape index (κ3) is 4.26. The average molecular weight is 405 g/mol. The molecule has 1 N–H and O–H groups in total. The van der Waals surface area contributed by atoms with E-state index in [2.05, 4.69) is 22.4 Å². The molecule has 0 bridgehead atoms. The van der Waals surface area contributed by atoms with E-state index in [0.717, 1.165) is 29.0 Å². The van der Waals surface area contributed by atoms with Crippen LogP contribution in [-0.4, -0.2) is 35.0 Å². The van der Waals surface area contributed by atoms with Gasteiger partial charge in [0.1, 0.15) is 18.6 Å². The van der Waals surface area contributed by atoms with Gasteiger partial charge in [0, 0.05) is 17.5 Å². The van der Waals surface area contributed by atoms with E-state index < -0.39 is 0 Å². The summed E-state index contributed by atoms with van der Waals surface area (Å²) in [6.45, 7) is 3.71. The molecule has 1 unspecified atom stereocenters. The van der Waals surface area contributed by atoms with Crippen molar-refractivity contribution < 1.29 is 18.4 Å². The van der Waals surface area contributed by atoms with Crippen molar-refractivity contribution in [1.29, 1.82) is 0 Å². The number of amides is 2. The van der Waals surface area contributed by atoms with Crippen molar-refractivity contribution in [2.45, 2.75) is 26.3 Å². The van der Waals surface area contributed by atoms with Crippen LogP contribution in [0.2, 0.25) is 0 Å². The van der Waals surface area contributed by atoms with Gasteiger partial charge in [-0.3, -0.25) is 0 Å². The number of ether oxygens (including phenoxy) is 1. The molecule has 4 rings (SSSR count). The molecule has 2 amide bonds. The Labute approximate surface area is 175 Å². The molecule has 1 atom stereocenters. The number of hydrazone groups is 1. The van der Waals surface area contributed by atoms with Crippen LogP contribution in [0.3, 0.4) is 0 Å². The van der Waals surface area contributed by atoms with Crippen molar-refractivity contribution in [3.05, 3.63) is 72.1 Å². The largest absolute Gasteiger partial charge is 0.493 e. The van der Waals surface area contributed by atoms with Crippen molar-refractivity contribution in [2.75, 3.05) is 13.2 Å². The van der Waals surface area contributed by atoms with E-state index in [4.69, 9.17) is 9.15 Å². The fraction of sp³-hybridized carbons (Fsp3) is 0.261. The van der Waals surface area contributed by atoms with Crippen LogP contribution >= 0.6 is 0 Å². The summed E-state index contributed by atoms with van der Waals surface area (Å²) in [6, 6.07) is 17.5. The lowest BCUT2D eigenvalue weighted by Gasteiger charge is -2.26. The third-order valence-corrected chi connectivity index (χ3v) is 5.08. The van der Waals surface area contributed by atoms with Crippen molar-refractivity contribution in [1.82, 2.24) is 10.4 Å². The summed E-state index contributed by atoms with van der Waals surface area (Å²) in [6.07, 6.45) is 4.85. The van der Waals surface area contributed by atoms with E-state index in [9.17, 15) is 4.79 Å². The molecule has 3 aromatic rings. The first-order valence-electron chi connectivity index (χ1n) is 10.1. The molecule has 1 aromatic heterocycles. The summed E-state index contributed by atoms with van der Waals surface area (Å²) in [5.41, 5.74) is 5.32. The van der Waals surface area contributed by atoms with Gasteiger partial charge in [0.25, 0.3) is 0 Å². The highest BCUT2D eigenvalue weighted by Gasteiger charge is 2.40. The smallest absolute Gasteiger partial charge is 0.443 e. The van der Waals surface area contributed by atoms with E-state index >= 15 is 0 Å². The van der Waals surface area contributed by atoms with Crippen molar-refractivity contribution >= 4 is 12.4 Å². The lowest BCUT2D eigenvalue weighted by Crippen LogP contribution is -2.50. The second-order valence-electron chi connectivity index (χ2n) is 7.29. The van der Waals surface area contributed by atoms with Gasteiger partial charge in [-0.2, -0.15) is 9.91 Å². The number of carbonyl (C=O) groups is 1. The maximum atomic E-state index is 12.4. The second kappa shape index (κ2) is 8.92. The number of quaternary nitrogens is 1. The molecular weight excluding hydrogens is 380 g/mol. The molecule has 2 heterocycles. The zero-order chi connectivity index (χ0) is 20.8. The Balaban J connectivity index is 1.41. The summed E-state index contributed by atoms with van der Waals surface area (Å²) in [5.74, 6) is 1.38. The molecule has 154 valence electrons. The molecule has 30 heavy (non-hydrogen) atoms. The van der Waals surface area contributed by atoms with Gasteiger partial charge in [-0.05, 0) is 30.7 Å². The van der Waals surface area contributed by atoms with E-state index in [1.54, 1.807) is 12.6 Å². The molecular formula is C23H25N4O3+. The SMILES string of the molecule is CCC[N+]1(Cc2ccccc2OCCc2coc(-c3ccccc3)n2)C=NNC1=O. The Morgan fingerprint density at radius 1 is 1.10 bits per heavy atom. The van der Waals surface area contributed by atoms with E-state index in [0.29, 0.717) is 32.0 Å². The highest BCUT2D eigenvalue weighted by atomic mass is 16.5. The lowest BCUT2D eigenvalue weighted by atomic mass is 10.1. The first kappa shape index (κ1) is 19.8. The standard InChI is InChI=1S/C23H24N4O3/c1-2-13-27(17-24-26-23(27)28)15-19-10-6-7-11-21(19)29-14-12-20-16-30-22(25-20)18-8-4-3-5-9-18/h3-11,16-17H,2,12-15H2,1H3/p+1. The number of hydrogen-bond donors (Lipinski definition) is 1. The molecule has 0 spiro atoms.